The van der Waals surface area contributed by atoms with Gasteiger partial charge in [0.2, 0.25) is 0 Å². The lowest BCUT2D eigenvalue weighted by Gasteiger charge is -2.10. The normalized spacial score (nSPS) is 11.0. The summed E-state index contributed by atoms with van der Waals surface area (Å²) >= 11 is 0. The zero-order chi connectivity index (χ0) is 11.8. The molecule has 1 heterocycles. The van der Waals surface area contributed by atoms with Crippen LogP contribution in [0.25, 0.3) is 0 Å². The molecule has 0 amide bonds. The summed E-state index contributed by atoms with van der Waals surface area (Å²) in [6, 6.07) is 0. The maximum Gasteiger partial charge on any atom is 0.157 e. The molecule has 0 aromatic carbocycles. The Labute approximate surface area is 97.4 Å². The molecule has 0 fully saturated rings. The molecule has 1 aromatic rings. The Morgan fingerprint density at radius 2 is 2.25 bits per heavy atom. The van der Waals surface area contributed by atoms with Crippen LogP contribution in [-0.4, -0.2) is 55.0 Å². The zero-order valence-electron chi connectivity index (χ0n) is 10.4. The van der Waals surface area contributed by atoms with Crippen LogP contribution < -0.4 is 10.1 Å². The van der Waals surface area contributed by atoms with E-state index >= 15 is 0 Å². The second-order valence-corrected chi connectivity index (χ2v) is 3.93. The van der Waals surface area contributed by atoms with Gasteiger partial charge in [-0.15, -0.1) is 0 Å². The number of aryl methyl sites for hydroxylation is 1. The van der Waals surface area contributed by atoms with E-state index < -0.39 is 0 Å². The minimum atomic E-state index is 0.683. The van der Waals surface area contributed by atoms with Gasteiger partial charge in [-0.2, -0.15) is 5.10 Å². The highest BCUT2D eigenvalue weighted by molar-refractivity contribution is 5.11. The quantitative estimate of drug-likeness (QED) is 0.653. The molecule has 1 N–H and O–H groups in total. The lowest BCUT2D eigenvalue weighted by atomic mass is 10.5. The van der Waals surface area contributed by atoms with Gasteiger partial charge in [0.05, 0.1) is 12.4 Å². The number of hydrogen-bond acceptors (Lipinski definition) is 4. The molecule has 16 heavy (non-hydrogen) atoms. The Morgan fingerprint density at radius 3 is 2.88 bits per heavy atom. The van der Waals surface area contributed by atoms with Gasteiger partial charge in [-0.05, 0) is 21.0 Å². The minimum absolute atomic E-state index is 0.683. The van der Waals surface area contributed by atoms with Crippen molar-refractivity contribution in [3.63, 3.8) is 0 Å². The number of nitrogens with one attached hydrogen (secondary N) is 1. The highest BCUT2D eigenvalue weighted by Crippen LogP contribution is 2.06. The van der Waals surface area contributed by atoms with Gasteiger partial charge in [0.25, 0.3) is 0 Å². The number of rotatable bonds is 8. The summed E-state index contributed by atoms with van der Waals surface area (Å²) in [5.74, 6) is 0.844. The van der Waals surface area contributed by atoms with Crippen LogP contribution in [0, 0.1) is 0 Å². The summed E-state index contributed by atoms with van der Waals surface area (Å²) in [6.45, 7) is 6.52. The van der Waals surface area contributed by atoms with Gasteiger partial charge in [-0.25, -0.2) is 0 Å². The molecule has 0 aliphatic carbocycles. The fourth-order valence-electron chi connectivity index (χ4n) is 1.26. The number of hydrogen-bond donors (Lipinski definition) is 1. The fraction of sp³-hybridized carbons (Fsp3) is 0.727. The summed E-state index contributed by atoms with van der Waals surface area (Å²) in [4.78, 5) is 2.15. The predicted molar refractivity (Wildman–Crippen MR) is 64.8 cm³/mol. The average Bonchev–Trinajstić information content (AvgIpc) is 2.70. The van der Waals surface area contributed by atoms with Gasteiger partial charge < -0.3 is 15.0 Å². The second kappa shape index (κ2) is 7.24. The standard InChI is InChI=1S/C11H22N4O/c1-4-15-10-11(9-13-15)16-8-6-12-5-7-14(2)3/h9-10,12H,4-8H2,1-3H3. The molecule has 92 valence electrons. The Bertz CT molecular complexity index is 285. The largest absolute Gasteiger partial charge is 0.489 e. The van der Waals surface area contributed by atoms with Crippen molar-refractivity contribution in [2.75, 3.05) is 40.3 Å². The van der Waals surface area contributed by atoms with Gasteiger partial charge in [0, 0.05) is 26.2 Å². The van der Waals surface area contributed by atoms with Crippen LogP contribution in [0.4, 0.5) is 0 Å². The Morgan fingerprint density at radius 1 is 1.44 bits per heavy atom. The first-order chi connectivity index (χ1) is 7.72. The van der Waals surface area contributed by atoms with Gasteiger partial charge in [-0.1, -0.05) is 0 Å². The molecule has 0 radical (unpaired) electrons. The molecule has 5 heteroatoms. The average molecular weight is 226 g/mol. The number of nitrogens with zero attached hydrogens (tertiary/aromatic N) is 3. The monoisotopic (exact) mass is 226 g/mol. The van der Waals surface area contributed by atoms with Crippen molar-refractivity contribution in [1.82, 2.24) is 20.0 Å². The molecule has 0 aliphatic heterocycles. The third-order valence-corrected chi connectivity index (χ3v) is 2.22. The van der Waals surface area contributed by atoms with Crippen LogP contribution in [0.1, 0.15) is 6.92 Å². The van der Waals surface area contributed by atoms with Crippen LogP contribution >= 0.6 is 0 Å². The summed E-state index contributed by atoms with van der Waals surface area (Å²) in [7, 11) is 4.13. The number of ether oxygens (including phenoxy) is 1. The lowest BCUT2D eigenvalue weighted by Crippen LogP contribution is -2.29. The van der Waals surface area contributed by atoms with Gasteiger partial charge in [0.15, 0.2) is 5.75 Å². The summed E-state index contributed by atoms with van der Waals surface area (Å²) in [5.41, 5.74) is 0. The van der Waals surface area contributed by atoms with E-state index in [0.717, 1.165) is 31.9 Å². The highest BCUT2D eigenvalue weighted by Gasteiger charge is 1.97. The first kappa shape index (κ1) is 13.0. The smallest absolute Gasteiger partial charge is 0.157 e. The van der Waals surface area contributed by atoms with Crippen molar-refractivity contribution >= 4 is 0 Å². The van der Waals surface area contributed by atoms with Crippen LogP contribution in [0.3, 0.4) is 0 Å². The van der Waals surface area contributed by atoms with E-state index in [1.807, 2.05) is 10.9 Å². The molecule has 0 unspecified atom stereocenters. The number of likely N-dealkylation sites (N-methyl/N-ethyl adjacent to an activating group) is 1. The molecule has 0 aliphatic rings. The first-order valence-corrected chi connectivity index (χ1v) is 5.73. The van der Waals surface area contributed by atoms with Crippen molar-refractivity contribution in [3.05, 3.63) is 12.4 Å². The van der Waals surface area contributed by atoms with Crippen molar-refractivity contribution in [2.24, 2.45) is 0 Å². The predicted octanol–water partition coefficient (Wildman–Crippen LogP) is 0.433. The molecule has 0 saturated carbocycles. The van der Waals surface area contributed by atoms with Crippen molar-refractivity contribution in [1.29, 1.82) is 0 Å². The van der Waals surface area contributed by atoms with Crippen LogP contribution in [0.2, 0.25) is 0 Å². The van der Waals surface area contributed by atoms with E-state index in [9.17, 15) is 0 Å². The molecule has 1 rings (SSSR count). The van der Waals surface area contributed by atoms with Crippen molar-refractivity contribution < 1.29 is 4.74 Å². The van der Waals surface area contributed by atoms with Crippen molar-refractivity contribution in [2.45, 2.75) is 13.5 Å². The maximum atomic E-state index is 5.54. The summed E-state index contributed by atoms with van der Waals surface area (Å²) in [5, 5.41) is 7.45. The molecule has 5 nitrogen and oxygen atoms in total. The number of aromatic nitrogens is 2. The molecule has 0 spiro atoms. The Kier molecular flexibility index (Phi) is 5.88. The van der Waals surface area contributed by atoms with Crippen LogP contribution in [0.15, 0.2) is 12.4 Å². The second-order valence-electron chi connectivity index (χ2n) is 3.93. The zero-order valence-corrected chi connectivity index (χ0v) is 10.4. The van der Waals surface area contributed by atoms with E-state index in [2.05, 4.69) is 36.3 Å². The third-order valence-electron chi connectivity index (χ3n) is 2.22. The topological polar surface area (TPSA) is 42.3 Å². The van der Waals surface area contributed by atoms with E-state index in [0.29, 0.717) is 6.61 Å². The highest BCUT2D eigenvalue weighted by atomic mass is 16.5. The molecular formula is C11H22N4O. The van der Waals surface area contributed by atoms with E-state index in [1.54, 1.807) is 6.20 Å². The first-order valence-electron chi connectivity index (χ1n) is 5.73. The van der Waals surface area contributed by atoms with Gasteiger partial charge in [-0.3, -0.25) is 4.68 Å². The fourth-order valence-corrected chi connectivity index (χ4v) is 1.26. The van der Waals surface area contributed by atoms with Gasteiger partial charge in [0.1, 0.15) is 6.61 Å². The molecular weight excluding hydrogens is 204 g/mol. The van der Waals surface area contributed by atoms with Crippen LogP contribution in [-0.2, 0) is 6.54 Å². The van der Waals surface area contributed by atoms with E-state index in [4.69, 9.17) is 4.74 Å². The molecule has 1 aromatic heterocycles. The van der Waals surface area contributed by atoms with E-state index in [-0.39, 0.29) is 0 Å². The molecule has 0 saturated heterocycles. The van der Waals surface area contributed by atoms with Gasteiger partial charge >= 0.3 is 0 Å². The summed E-state index contributed by atoms with van der Waals surface area (Å²) < 4.78 is 7.39. The van der Waals surface area contributed by atoms with Crippen LogP contribution in [0.5, 0.6) is 5.75 Å². The Balaban J connectivity index is 2.02. The Hall–Kier alpha value is -1.07. The molecule has 0 bridgehead atoms. The minimum Gasteiger partial charge on any atom is -0.489 e. The SMILES string of the molecule is CCn1cc(OCCNCCN(C)C)cn1. The lowest BCUT2D eigenvalue weighted by molar-refractivity contribution is 0.308. The van der Waals surface area contributed by atoms with E-state index in [1.165, 1.54) is 0 Å². The maximum absolute atomic E-state index is 5.54. The van der Waals surface area contributed by atoms with Crippen molar-refractivity contribution in [3.8, 4) is 5.75 Å². The summed E-state index contributed by atoms with van der Waals surface area (Å²) in [6.07, 6.45) is 3.67. The third kappa shape index (κ3) is 5.14. The molecule has 0 atom stereocenters.